The molecule has 1 amide bonds. The van der Waals surface area contributed by atoms with Crippen molar-refractivity contribution in [1.82, 2.24) is 19.4 Å². The van der Waals surface area contributed by atoms with Crippen LogP contribution in [0.4, 0.5) is 4.39 Å². The number of nitrogens with one attached hydrogen (secondary N) is 1. The second kappa shape index (κ2) is 7.71. The predicted molar refractivity (Wildman–Crippen MR) is 108 cm³/mol. The first-order valence-corrected chi connectivity index (χ1v) is 9.49. The molecule has 1 fully saturated rings. The predicted octanol–water partition coefficient (Wildman–Crippen LogP) is 1.97. The highest BCUT2D eigenvalue weighted by Crippen LogP contribution is 2.20. The largest absolute Gasteiger partial charge is 0.494 e. The lowest BCUT2D eigenvalue weighted by molar-refractivity contribution is 0.0628. The van der Waals surface area contributed by atoms with Gasteiger partial charge >= 0.3 is 5.69 Å². The summed E-state index contributed by atoms with van der Waals surface area (Å²) in [6.45, 7) is 3.25. The van der Waals surface area contributed by atoms with Crippen LogP contribution in [0.5, 0.6) is 5.75 Å². The van der Waals surface area contributed by atoms with Gasteiger partial charge in [-0.1, -0.05) is 6.07 Å². The van der Waals surface area contributed by atoms with Gasteiger partial charge in [0.05, 0.1) is 18.1 Å². The number of benzene rings is 2. The molecular formula is C21H23FN4O3. The Morgan fingerprint density at radius 2 is 1.90 bits per heavy atom. The van der Waals surface area contributed by atoms with Crippen molar-refractivity contribution in [2.24, 2.45) is 7.05 Å². The van der Waals surface area contributed by atoms with Crippen molar-refractivity contribution in [3.05, 3.63) is 63.8 Å². The summed E-state index contributed by atoms with van der Waals surface area (Å²) >= 11 is 0. The van der Waals surface area contributed by atoms with Gasteiger partial charge in [0.25, 0.3) is 5.91 Å². The van der Waals surface area contributed by atoms with Gasteiger partial charge in [-0.05, 0) is 35.9 Å². The van der Waals surface area contributed by atoms with E-state index < -0.39 is 0 Å². The number of hydrogen-bond acceptors (Lipinski definition) is 4. The van der Waals surface area contributed by atoms with Crippen molar-refractivity contribution in [1.29, 1.82) is 0 Å². The molecule has 2 heterocycles. The highest BCUT2D eigenvalue weighted by Gasteiger charge is 2.23. The molecule has 7 nitrogen and oxygen atoms in total. The number of aromatic amines is 1. The maximum absolute atomic E-state index is 13.9. The van der Waals surface area contributed by atoms with Gasteiger partial charge in [0, 0.05) is 45.3 Å². The molecule has 8 heteroatoms. The summed E-state index contributed by atoms with van der Waals surface area (Å²) in [6, 6.07) is 10.3. The number of aromatic nitrogens is 2. The summed E-state index contributed by atoms with van der Waals surface area (Å²) < 4.78 is 20.3. The molecule has 3 aromatic rings. The Kier molecular flexibility index (Phi) is 5.10. The first kappa shape index (κ1) is 19.2. The Morgan fingerprint density at radius 1 is 1.14 bits per heavy atom. The van der Waals surface area contributed by atoms with Gasteiger partial charge in [0.15, 0.2) is 11.6 Å². The molecule has 1 N–H and O–H groups in total. The maximum atomic E-state index is 13.9. The summed E-state index contributed by atoms with van der Waals surface area (Å²) in [6.07, 6.45) is 0. The number of fused-ring (bicyclic) bond motifs is 1. The minimum absolute atomic E-state index is 0.0493. The topological polar surface area (TPSA) is 70.6 Å². The number of imidazole rings is 1. The zero-order valence-electron chi connectivity index (χ0n) is 16.4. The van der Waals surface area contributed by atoms with Crippen LogP contribution in [0.15, 0.2) is 41.2 Å². The molecule has 0 aliphatic carbocycles. The van der Waals surface area contributed by atoms with E-state index in [1.54, 1.807) is 31.3 Å². The minimum Gasteiger partial charge on any atom is -0.494 e. The molecule has 0 unspecified atom stereocenters. The Balaban J connectivity index is 1.39. The fraction of sp³-hybridized carbons (Fsp3) is 0.333. The average Bonchev–Trinajstić information content (AvgIpc) is 3.01. The highest BCUT2D eigenvalue weighted by atomic mass is 19.1. The molecule has 29 heavy (non-hydrogen) atoms. The van der Waals surface area contributed by atoms with Gasteiger partial charge in [-0.25, -0.2) is 9.18 Å². The van der Waals surface area contributed by atoms with Gasteiger partial charge in [0.2, 0.25) is 0 Å². The van der Waals surface area contributed by atoms with Gasteiger partial charge in [-0.3, -0.25) is 14.3 Å². The summed E-state index contributed by atoms with van der Waals surface area (Å²) in [4.78, 5) is 31.4. The Morgan fingerprint density at radius 3 is 2.59 bits per heavy atom. The standard InChI is InChI=1S/C21H23FN4O3/c1-24-18-5-4-15(12-17(18)23-21(24)28)20(27)26-9-7-25(8-10-26)13-14-3-6-19(29-2)16(22)11-14/h3-6,11-12H,7-10,13H2,1-2H3,(H,23,28). The number of nitrogens with zero attached hydrogens (tertiary/aromatic N) is 3. The van der Waals surface area contributed by atoms with Crippen LogP contribution in [0.3, 0.4) is 0 Å². The molecule has 2 aromatic carbocycles. The van der Waals surface area contributed by atoms with Gasteiger partial charge < -0.3 is 14.6 Å². The number of ether oxygens (including phenoxy) is 1. The molecule has 0 spiro atoms. The lowest BCUT2D eigenvalue weighted by Crippen LogP contribution is -2.48. The van der Waals surface area contributed by atoms with Gasteiger partial charge in [0.1, 0.15) is 0 Å². The van der Waals surface area contributed by atoms with Crippen LogP contribution in [-0.4, -0.2) is 58.5 Å². The Labute approximate surface area is 167 Å². The van der Waals surface area contributed by atoms with Crippen molar-refractivity contribution >= 4 is 16.9 Å². The molecule has 1 aliphatic rings. The number of H-pyrrole nitrogens is 1. The molecular weight excluding hydrogens is 375 g/mol. The third kappa shape index (κ3) is 3.75. The molecule has 1 aliphatic heterocycles. The molecule has 0 atom stereocenters. The molecule has 1 saturated heterocycles. The lowest BCUT2D eigenvalue weighted by Gasteiger charge is -2.34. The minimum atomic E-state index is -0.367. The zero-order chi connectivity index (χ0) is 20.5. The van der Waals surface area contributed by atoms with E-state index in [-0.39, 0.29) is 23.2 Å². The van der Waals surface area contributed by atoms with Crippen LogP contribution in [0.25, 0.3) is 11.0 Å². The number of piperazine rings is 1. The van der Waals surface area contributed by atoms with Crippen molar-refractivity contribution < 1.29 is 13.9 Å². The number of amides is 1. The second-order valence-corrected chi connectivity index (χ2v) is 7.26. The Hall–Kier alpha value is -3.13. The fourth-order valence-corrected chi connectivity index (χ4v) is 3.73. The number of rotatable bonds is 4. The van der Waals surface area contributed by atoms with Crippen LogP contribution in [0.1, 0.15) is 15.9 Å². The van der Waals surface area contributed by atoms with E-state index in [1.807, 2.05) is 11.0 Å². The van der Waals surface area contributed by atoms with E-state index >= 15 is 0 Å². The van der Waals surface area contributed by atoms with Crippen molar-refractivity contribution in [2.45, 2.75) is 6.54 Å². The molecule has 0 bridgehead atoms. The molecule has 0 saturated carbocycles. The van der Waals surface area contributed by atoms with E-state index in [2.05, 4.69) is 9.88 Å². The second-order valence-electron chi connectivity index (χ2n) is 7.26. The van der Waals surface area contributed by atoms with E-state index in [9.17, 15) is 14.0 Å². The van der Waals surface area contributed by atoms with Gasteiger partial charge in [-0.15, -0.1) is 0 Å². The first-order valence-electron chi connectivity index (χ1n) is 9.49. The normalized spacial score (nSPS) is 15.1. The van der Waals surface area contributed by atoms with Crippen LogP contribution in [-0.2, 0) is 13.6 Å². The summed E-state index contributed by atoms with van der Waals surface area (Å²) in [5, 5.41) is 0. The summed E-state index contributed by atoms with van der Waals surface area (Å²) in [7, 11) is 3.14. The number of aryl methyl sites for hydroxylation is 1. The fourth-order valence-electron chi connectivity index (χ4n) is 3.73. The monoisotopic (exact) mass is 398 g/mol. The molecule has 0 radical (unpaired) electrons. The van der Waals surface area contributed by atoms with Crippen molar-refractivity contribution in [2.75, 3.05) is 33.3 Å². The third-order valence-electron chi connectivity index (χ3n) is 5.43. The molecule has 152 valence electrons. The van der Waals surface area contributed by atoms with Gasteiger partial charge in [-0.2, -0.15) is 0 Å². The number of carbonyl (C=O) groups is 1. The van der Waals surface area contributed by atoms with Crippen molar-refractivity contribution in [3.8, 4) is 5.75 Å². The smallest absolute Gasteiger partial charge is 0.326 e. The highest BCUT2D eigenvalue weighted by molar-refractivity contribution is 5.97. The summed E-state index contributed by atoms with van der Waals surface area (Å²) in [5.41, 5.74) is 2.66. The number of carbonyl (C=O) groups excluding carboxylic acids is 1. The van der Waals surface area contributed by atoms with E-state index in [0.29, 0.717) is 43.8 Å². The number of hydrogen-bond donors (Lipinski definition) is 1. The molecule has 1 aromatic heterocycles. The van der Waals surface area contributed by atoms with Crippen molar-refractivity contribution in [3.63, 3.8) is 0 Å². The average molecular weight is 398 g/mol. The van der Waals surface area contributed by atoms with Crippen LogP contribution >= 0.6 is 0 Å². The lowest BCUT2D eigenvalue weighted by atomic mass is 10.1. The first-order chi connectivity index (χ1) is 14.0. The van der Waals surface area contributed by atoms with E-state index in [1.165, 1.54) is 17.7 Å². The third-order valence-corrected chi connectivity index (χ3v) is 5.43. The Bertz CT molecular complexity index is 1110. The van der Waals surface area contributed by atoms with Crippen LogP contribution < -0.4 is 10.4 Å². The van der Waals surface area contributed by atoms with E-state index in [4.69, 9.17) is 4.74 Å². The van der Waals surface area contributed by atoms with Crippen LogP contribution in [0, 0.1) is 5.82 Å². The SMILES string of the molecule is COc1ccc(CN2CCN(C(=O)c3ccc4c(c3)[nH]c(=O)n4C)CC2)cc1F. The number of halogens is 1. The zero-order valence-corrected chi connectivity index (χ0v) is 16.4. The quantitative estimate of drug-likeness (QED) is 0.730. The molecule has 4 rings (SSSR count). The maximum Gasteiger partial charge on any atom is 0.326 e. The summed E-state index contributed by atoms with van der Waals surface area (Å²) in [5.74, 6) is -0.180. The number of methoxy groups -OCH3 is 1. The van der Waals surface area contributed by atoms with E-state index in [0.717, 1.165) is 11.1 Å². The van der Waals surface area contributed by atoms with Crippen LogP contribution in [0.2, 0.25) is 0 Å².